The maximum Gasteiger partial charge on any atom is 0.164 e. The van der Waals surface area contributed by atoms with Gasteiger partial charge >= 0.3 is 0 Å². The Hall–Kier alpha value is -6.70. The third-order valence-electron chi connectivity index (χ3n) is 10.2. The predicted octanol–water partition coefficient (Wildman–Crippen LogP) is 11.5. The Balaban J connectivity index is 1.10. The number of nitriles is 1. The number of aromatic nitrogens is 3. The maximum atomic E-state index is 9.69. The van der Waals surface area contributed by atoms with Crippen LogP contribution in [0.2, 0.25) is 0 Å². The molecule has 4 heteroatoms. The van der Waals surface area contributed by atoms with E-state index < -0.39 is 0 Å². The summed E-state index contributed by atoms with van der Waals surface area (Å²) in [5, 5.41) is 12.0. The van der Waals surface area contributed by atoms with Gasteiger partial charge in [0.15, 0.2) is 17.5 Å². The van der Waals surface area contributed by atoms with Crippen molar-refractivity contribution in [2.75, 3.05) is 0 Å². The van der Waals surface area contributed by atoms with Crippen molar-refractivity contribution in [1.82, 2.24) is 15.0 Å². The number of hydrogen-bond donors (Lipinski definition) is 0. The van der Waals surface area contributed by atoms with E-state index in [-0.39, 0.29) is 5.41 Å². The first-order valence-corrected chi connectivity index (χ1v) is 17.2. The van der Waals surface area contributed by atoms with E-state index in [1.807, 2.05) is 42.5 Å². The number of benzene rings is 7. The Labute approximate surface area is 297 Å². The molecule has 0 fully saturated rings. The van der Waals surface area contributed by atoms with Gasteiger partial charge in [-0.25, -0.2) is 15.0 Å². The summed E-state index contributed by atoms with van der Waals surface area (Å²) in [6.45, 7) is 4.54. The molecule has 0 radical (unpaired) electrons. The summed E-state index contributed by atoms with van der Waals surface area (Å²) < 4.78 is 0. The quantitative estimate of drug-likeness (QED) is 0.186. The monoisotopic (exact) mass is 652 g/mol. The van der Waals surface area contributed by atoms with Gasteiger partial charge < -0.3 is 0 Å². The zero-order valence-corrected chi connectivity index (χ0v) is 28.3. The van der Waals surface area contributed by atoms with Crippen molar-refractivity contribution in [3.8, 4) is 73.6 Å². The normalized spacial score (nSPS) is 12.6. The summed E-state index contributed by atoms with van der Waals surface area (Å²) in [6.07, 6.45) is 0. The first-order valence-electron chi connectivity index (χ1n) is 17.2. The SMILES string of the molecule is CC1(C)c2ccc(C#N)cc2-c2c(-c3cccc(-c4ccc(-c5nc(-c6ccccc6)nc(-c6ccc7ccccc7c6)n5)cc4)c3)cccc21. The van der Waals surface area contributed by atoms with E-state index >= 15 is 0 Å². The van der Waals surface area contributed by atoms with Crippen LogP contribution in [0.15, 0.2) is 158 Å². The molecule has 1 heterocycles. The summed E-state index contributed by atoms with van der Waals surface area (Å²) in [5.41, 5.74) is 12.8. The molecule has 0 unspecified atom stereocenters. The van der Waals surface area contributed by atoms with Gasteiger partial charge in [0, 0.05) is 22.1 Å². The highest BCUT2D eigenvalue weighted by atomic mass is 15.0. The molecule has 0 atom stereocenters. The van der Waals surface area contributed by atoms with Crippen molar-refractivity contribution in [3.63, 3.8) is 0 Å². The first-order chi connectivity index (χ1) is 25.0. The fourth-order valence-electron chi connectivity index (χ4n) is 7.47. The van der Waals surface area contributed by atoms with Gasteiger partial charge in [-0.2, -0.15) is 5.26 Å². The van der Waals surface area contributed by atoms with Crippen LogP contribution in [0.3, 0.4) is 0 Å². The fraction of sp³-hybridized carbons (Fsp3) is 0.0638. The first kappa shape index (κ1) is 30.4. The molecule has 0 aliphatic heterocycles. The number of nitrogens with zero attached hydrogens (tertiary/aromatic N) is 4. The number of fused-ring (bicyclic) bond motifs is 4. The molecule has 0 spiro atoms. The molecule has 51 heavy (non-hydrogen) atoms. The van der Waals surface area contributed by atoms with E-state index in [0.717, 1.165) is 44.3 Å². The number of rotatable bonds is 5. The van der Waals surface area contributed by atoms with E-state index in [1.54, 1.807) is 0 Å². The molecule has 240 valence electrons. The molecular weight excluding hydrogens is 621 g/mol. The third kappa shape index (κ3) is 5.28. The van der Waals surface area contributed by atoms with E-state index in [1.165, 1.54) is 27.6 Å². The van der Waals surface area contributed by atoms with E-state index in [9.17, 15) is 5.26 Å². The average molecular weight is 653 g/mol. The highest BCUT2D eigenvalue weighted by Gasteiger charge is 2.37. The molecule has 0 saturated carbocycles. The lowest BCUT2D eigenvalue weighted by atomic mass is 9.82. The summed E-state index contributed by atoms with van der Waals surface area (Å²) in [4.78, 5) is 14.9. The van der Waals surface area contributed by atoms with Gasteiger partial charge in [-0.15, -0.1) is 0 Å². The standard InChI is InChI=1S/C47H32N4/c1-47(2)41-25-18-30(29-48)26-40(41)43-39(16-9-17-42(43)47)37-15-8-14-36(27-37)32-19-22-34(23-20-32)45-49-44(33-11-4-3-5-12-33)50-46(51-45)38-24-21-31-10-6-7-13-35(31)28-38/h3-28H,1-2H3. The summed E-state index contributed by atoms with van der Waals surface area (Å²) in [6, 6.07) is 56.9. The minimum absolute atomic E-state index is 0.147. The second-order valence-corrected chi connectivity index (χ2v) is 13.6. The molecule has 0 amide bonds. The molecular formula is C47H32N4. The zero-order chi connectivity index (χ0) is 34.5. The van der Waals surface area contributed by atoms with Gasteiger partial charge in [0.2, 0.25) is 0 Å². The van der Waals surface area contributed by atoms with E-state index in [2.05, 4.69) is 135 Å². The van der Waals surface area contributed by atoms with Crippen molar-refractivity contribution in [1.29, 1.82) is 5.26 Å². The van der Waals surface area contributed by atoms with Crippen molar-refractivity contribution < 1.29 is 0 Å². The van der Waals surface area contributed by atoms with Crippen molar-refractivity contribution >= 4 is 10.8 Å². The van der Waals surface area contributed by atoms with Crippen molar-refractivity contribution in [3.05, 3.63) is 174 Å². The minimum atomic E-state index is -0.147. The van der Waals surface area contributed by atoms with Gasteiger partial charge in [0.1, 0.15) is 0 Å². The van der Waals surface area contributed by atoms with E-state index in [0.29, 0.717) is 23.0 Å². The maximum absolute atomic E-state index is 9.69. The lowest BCUT2D eigenvalue weighted by Gasteiger charge is -2.21. The van der Waals surface area contributed by atoms with Gasteiger partial charge in [0.05, 0.1) is 11.6 Å². The average Bonchev–Trinajstić information content (AvgIpc) is 3.43. The Morgan fingerprint density at radius 1 is 0.431 bits per heavy atom. The predicted molar refractivity (Wildman–Crippen MR) is 207 cm³/mol. The molecule has 0 N–H and O–H groups in total. The van der Waals surface area contributed by atoms with Gasteiger partial charge in [-0.05, 0) is 79.5 Å². The lowest BCUT2D eigenvalue weighted by molar-refractivity contribution is 0.660. The highest BCUT2D eigenvalue weighted by molar-refractivity contribution is 5.94. The Morgan fingerprint density at radius 2 is 1.04 bits per heavy atom. The van der Waals surface area contributed by atoms with Gasteiger partial charge in [-0.1, -0.05) is 147 Å². The largest absolute Gasteiger partial charge is 0.208 e. The van der Waals surface area contributed by atoms with Crippen LogP contribution in [-0.2, 0) is 5.41 Å². The van der Waals surface area contributed by atoms with Crippen LogP contribution in [0.4, 0.5) is 0 Å². The smallest absolute Gasteiger partial charge is 0.164 e. The molecule has 0 bridgehead atoms. The second-order valence-electron chi connectivity index (χ2n) is 13.6. The Kier molecular flexibility index (Phi) is 7.15. The van der Waals surface area contributed by atoms with Crippen LogP contribution >= 0.6 is 0 Å². The van der Waals surface area contributed by atoms with Crippen LogP contribution in [0.1, 0.15) is 30.5 Å². The Bertz CT molecular complexity index is 2670. The molecule has 1 aromatic heterocycles. The van der Waals surface area contributed by atoms with E-state index in [4.69, 9.17) is 15.0 Å². The molecule has 1 aliphatic rings. The molecule has 7 aromatic carbocycles. The van der Waals surface area contributed by atoms with Crippen LogP contribution in [-0.4, -0.2) is 15.0 Å². The third-order valence-corrected chi connectivity index (χ3v) is 10.2. The highest BCUT2D eigenvalue weighted by Crippen LogP contribution is 2.52. The molecule has 0 saturated heterocycles. The molecule has 1 aliphatic carbocycles. The van der Waals surface area contributed by atoms with Gasteiger partial charge in [-0.3, -0.25) is 0 Å². The van der Waals surface area contributed by atoms with Crippen LogP contribution < -0.4 is 0 Å². The topological polar surface area (TPSA) is 62.5 Å². The fourth-order valence-corrected chi connectivity index (χ4v) is 7.47. The molecule has 9 rings (SSSR count). The van der Waals surface area contributed by atoms with Gasteiger partial charge in [0.25, 0.3) is 0 Å². The zero-order valence-electron chi connectivity index (χ0n) is 28.3. The van der Waals surface area contributed by atoms with Crippen molar-refractivity contribution in [2.24, 2.45) is 0 Å². The summed E-state index contributed by atoms with van der Waals surface area (Å²) in [7, 11) is 0. The molecule has 8 aromatic rings. The molecule has 4 nitrogen and oxygen atoms in total. The minimum Gasteiger partial charge on any atom is -0.208 e. The van der Waals surface area contributed by atoms with Crippen LogP contribution in [0.5, 0.6) is 0 Å². The van der Waals surface area contributed by atoms with Crippen molar-refractivity contribution in [2.45, 2.75) is 19.3 Å². The van der Waals surface area contributed by atoms with Crippen LogP contribution in [0.25, 0.3) is 78.3 Å². The second kappa shape index (κ2) is 12.0. The number of hydrogen-bond acceptors (Lipinski definition) is 4. The Morgan fingerprint density at radius 3 is 1.80 bits per heavy atom. The summed E-state index contributed by atoms with van der Waals surface area (Å²) in [5.74, 6) is 1.91. The van der Waals surface area contributed by atoms with Crippen LogP contribution in [0, 0.1) is 11.3 Å². The summed E-state index contributed by atoms with van der Waals surface area (Å²) >= 11 is 0. The lowest BCUT2D eigenvalue weighted by Crippen LogP contribution is -2.14.